The summed E-state index contributed by atoms with van der Waals surface area (Å²) >= 11 is 0. The lowest BCUT2D eigenvalue weighted by molar-refractivity contribution is 0.185. The second-order valence-corrected chi connectivity index (χ2v) is 3.95. The van der Waals surface area contributed by atoms with E-state index in [0.29, 0.717) is 12.3 Å². The van der Waals surface area contributed by atoms with Crippen molar-refractivity contribution in [1.29, 1.82) is 0 Å². The maximum Gasteiger partial charge on any atom is 0.323 e. The van der Waals surface area contributed by atoms with Gasteiger partial charge < -0.3 is 15.4 Å². The standard InChI is InChI=1S/C14H15N3O2/c1-19-10-11-4-2-5-12(8-11)16-14(18)17-13-6-3-7-15-9-13/h2-9H,10H2,1H3,(H2,16,17,18). The van der Waals surface area contributed by atoms with Gasteiger partial charge in [0.25, 0.3) is 0 Å². The van der Waals surface area contributed by atoms with Crippen LogP contribution in [0.5, 0.6) is 0 Å². The molecule has 0 radical (unpaired) electrons. The summed E-state index contributed by atoms with van der Waals surface area (Å²) < 4.78 is 5.05. The highest BCUT2D eigenvalue weighted by Gasteiger charge is 2.03. The van der Waals surface area contributed by atoms with E-state index < -0.39 is 0 Å². The number of carbonyl (C=O) groups is 1. The maximum absolute atomic E-state index is 11.8. The number of ether oxygens (including phenoxy) is 1. The number of urea groups is 1. The number of hydrogen-bond donors (Lipinski definition) is 2. The number of anilines is 2. The third-order valence-corrected chi connectivity index (χ3v) is 2.42. The molecule has 1 heterocycles. The van der Waals surface area contributed by atoms with Crippen LogP contribution in [-0.2, 0) is 11.3 Å². The Morgan fingerprint density at radius 3 is 2.74 bits per heavy atom. The van der Waals surface area contributed by atoms with Crippen LogP contribution in [0.2, 0.25) is 0 Å². The summed E-state index contributed by atoms with van der Waals surface area (Å²) in [5.41, 5.74) is 2.37. The van der Waals surface area contributed by atoms with E-state index in [-0.39, 0.29) is 6.03 Å². The Morgan fingerprint density at radius 2 is 2.00 bits per heavy atom. The first-order valence-electron chi connectivity index (χ1n) is 5.84. The van der Waals surface area contributed by atoms with Crippen molar-refractivity contribution in [3.63, 3.8) is 0 Å². The summed E-state index contributed by atoms with van der Waals surface area (Å²) in [6.07, 6.45) is 3.23. The lowest BCUT2D eigenvalue weighted by atomic mass is 10.2. The second-order valence-electron chi connectivity index (χ2n) is 3.95. The molecule has 0 aliphatic carbocycles. The molecule has 98 valence electrons. The highest BCUT2D eigenvalue weighted by atomic mass is 16.5. The minimum absolute atomic E-state index is 0.303. The number of aromatic nitrogens is 1. The zero-order valence-electron chi connectivity index (χ0n) is 10.6. The molecule has 0 bridgehead atoms. The van der Waals surface area contributed by atoms with Crippen LogP contribution in [0.4, 0.5) is 16.2 Å². The SMILES string of the molecule is COCc1cccc(NC(=O)Nc2cccnc2)c1. The topological polar surface area (TPSA) is 63.2 Å². The molecule has 0 fully saturated rings. The van der Waals surface area contributed by atoms with Gasteiger partial charge in [-0.1, -0.05) is 12.1 Å². The molecule has 0 unspecified atom stereocenters. The molecule has 1 aromatic carbocycles. The lowest BCUT2D eigenvalue weighted by Gasteiger charge is -2.08. The van der Waals surface area contributed by atoms with E-state index in [9.17, 15) is 4.79 Å². The summed E-state index contributed by atoms with van der Waals surface area (Å²) in [4.78, 5) is 15.7. The monoisotopic (exact) mass is 257 g/mol. The first-order valence-corrected chi connectivity index (χ1v) is 5.84. The summed E-state index contributed by atoms with van der Waals surface area (Å²) in [6, 6.07) is 10.7. The Morgan fingerprint density at radius 1 is 1.21 bits per heavy atom. The zero-order chi connectivity index (χ0) is 13.5. The van der Waals surface area contributed by atoms with Gasteiger partial charge in [-0.25, -0.2) is 4.79 Å². The molecule has 0 saturated carbocycles. The molecule has 2 N–H and O–H groups in total. The minimum atomic E-state index is -0.303. The van der Waals surface area contributed by atoms with Crippen molar-refractivity contribution < 1.29 is 9.53 Å². The van der Waals surface area contributed by atoms with E-state index in [1.54, 1.807) is 31.6 Å². The largest absolute Gasteiger partial charge is 0.380 e. The summed E-state index contributed by atoms with van der Waals surface area (Å²) in [7, 11) is 1.63. The molecule has 5 nitrogen and oxygen atoms in total. The number of amides is 2. The smallest absolute Gasteiger partial charge is 0.323 e. The van der Waals surface area contributed by atoms with Gasteiger partial charge in [0.2, 0.25) is 0 Å². The van der Waals surface area contributed by atoms with Gasteiger partial charge in [0.15, 0.2) is 0 Å². The van der Waals surface area contributed by atoms with Crippen LogP contribution in [-0.4, -0.2) is 18.1 Å². The Balaban J connectivity index is 1.97. The molecule has 1 aromatic heterocycles. The molecule has 19 heavy (non-hydrogen) atoms. The van der Waals surface area contributed by atoms with Gasteiger partial charge in [-0.3, -0.25) is 4.98 Å². The summed E-state index contributed by atoms with van der Waals surface area (Å²) in [5, 5.41) is 5.45. The van der Waals surface area contributed by atoms with Crippen LogP contribution in [0.3, 0.4) is 0 Å². The fourth-order valence-electron chi connectivity index (χ4n) is 1.64. The van der Waals surface area contributed by atoms with E-state index >= 15 is 0 Å². The minimum Gasteiger partial charge on any atom is -0.380 e. The Labute approximate surface area is 111 Å². The fourth-order valence-corrected chi connectivity index (χ4v) is 1.64. The van der Waals surface area contributed by atoms with E-state index in [0.717, 1.165) is 11.3 Å². The van der Waals surface area contributed by atoms with Gasteiger partial charge in [0.05, 0.1) is 18.5 Å². The number of hydrogen-bond acceptors (Lipinski definition) is 3. The average Bonchev–Trinajstić information content (AvgIpc) is 2.40. The number of nitrogens with zero attached hydrogens (tertiary/aromatic N) is 1. The van der Waals surface area contributed by atoms with Crippen LogP contribution >= 0.6 is 0 Å². The van der Waals surface area contributed by atoms with Crippen molar-refractivity contribution in [3.8, 4) is 0 Å². The van der Waals surface area contributed by atoms with Crippen molar-refractivity contribution in [3.05, 3.63) is 54.4 Å². The molecule has 0 saturated heterocycles. The molecule has 5 heteroatoms. The molecule has 2 amide bonds. The van der Waals surface area contributed by atoms with Crippen molar-refractivity contribution in [2.24, 2.45) is 0 Å². The number of carbonyl (C=O) groups excluding carboxylic acids is 1. The first kappa shape index (κ1) is 13.0. The highest BCUT2D eigenvalue weighted by Crippen LogP contribution is 2.12. The van der Waals surface area contributed by atoms with Crippen molar-refractivity contribution in [2.45, 2.75) is 6.61 Å². The van der Waals surface area contributed by atoms with E-state index in [2.05, 4.69) is 15.6 Å². The lowest BCUT2D eigenvalue weighted by Crippen LogP contribution is -2.19. The number of pyridine rings is 1. The maximum atomic E-state index is 11.8. The molecule has 0 aliphatic rings. The summed E-state index contributed by atoms with van der Waals surface area (Å²) in [6.45, 7) is 0.514. The number of nitrogens with one attached hydrogen (secondary N) is 2. The molecule has 0 aliphatic heterocycles. The normalized spacial score (nSPS) is 9.95. The zero-order valence-corrected chi connectivity index (χ0v) is 10.6. The molecule has 2 aromatic rings. The van der Waals surface area contributed by atoms with Crippen LogP contribution < -0.4 is 10.6 Å². The van der Waals surface area contributed by atoms with E-state index in [1.165, 1.54) is 0 Å². The van der Waals surface area contributed by atoms with Crippen LogP contribution in [0.15, 0.2) is 48.8 Å². The first-order chi connectivity index (χ1) is 9.28. The van der Waals surface area contributed by atoms with Gasteiger partial charge in [0, 0.05) is 19.0 Å². The molecule has 0 spiro atoms. The van der Waals surface area contributed by atoms with Gasteiger partial charge >= 0.3 is 6.03 Å². The quantitative estimate of drug-likeness (QED) is 0.885. The molecular weight excluding hydrogens is 242 g/mol. The van der Waals surface area contributed by atoms with Crippen molar-refractivity contribution in [2.75, 3.05) is 17.7 Å². The third kappa shape index (κ3) is 4.08. The van der Waals surface area contributed by atoms with Gasteiger partial charge in [0.1, 0.15) is 0 Å². The number of methoxy groups -OCH3 is 1. The fraction of sp³-hybridized carbons (Fsp3) is 0.143. The van der Waals surface area contributed by atoms with Crippen molar-refractivity contribution in [1.82, 2.24) is 4.98 Å². The van der Waals surface area contributed by atoms with Gasteiger partial charge in [-0.2, -0.15) is 0 Å². The second kappa shape index (κ2) is 6.51. The molecule has 0 atom stereocenters. The van der Waals surface area contributed by atoms with Crippen LogP contribution in [0.1, 0.15) is 5.56 Å². The van der Waals surface area contributed by atoms with Crippen LogP contribution in [0.25, 0.3) is 0 Å². The molecule has 2 rings (SSSR count). The number of benzene rings is 1. The predicted molar refractivity (Wildman–Crippen MR) is 74.0 cm³/mol. The van der Waals surface area contributed by atoms with E-state index in [1.807, 2.05) is 24.3 Å². The van der Waals surface area contributed by atoms with Crippen molar-refractivity contribution >= 4 is 17.4 Å². The van der Waals surface area contributed by atoms with Crippen LogP contribution in [0, 0.1) is 0 Å². The van der Waals surface area contributed by atoms with Gasteiger partial charge in [-0.15, -0.1) is 0 Å². The van der Waals surface area contributed by atoms with E-state index in [4.69, 9.17) is 4.74 Å². The highest BCUT2D eigenvalue weighted by molar-refractivity contribution is 5.99. The van der Waals surface area contributed by atoms with Gasteiger partial charge in [-0.05, 0) is 29.8 Å². The summed E-state index contributed by atoms with van der Waals surface area (Å²) in [5.74, 6) is 0. The Hall–Kier alpha value is -2.40. The average molecular weight is 257 g/mol. The third-order valence-electron chi connectivity index (χ3n) is 2.42. The predicted octanol–water partition coefficient (Wildman–Crippen LogP) is 2.87. The number of rotatable bonds is 4. The Kier molecular flexibility index (Phi) is 4.47. The Bertz CT molecular complexity index is 543. The molecular formula is C14H15N3O2.